The van der Waals surface area contributed by atoms with E-state index in [0.717, 1.165) is 57.8 Å². The highest BCUT2D eigenvalue weighted by molar-refractivity contribution is 5.76. The maximum absolute atomic E-state index is 13.0. The minimum Gasteiger partial charge on any atom is -0.466 e. The first-order valence-corrected chi connectivity index (χ1v) is 34.9. The maximum Gasteiger partial charge on any atom is 0.305 e. The lowest BCUT2D eigenvalue weighted by Crippen LogP contribution is -2.60. The van der Waals surface area contributed by atoms with Crippen molar-refractivity contribution in [2.75, 3.05) is 19.8 Å². The van der Waals surface area contributed by atoms with Gasteiger partial charge in [0.2, 0.25) is 5.91 Å². The summed E-state index contributed by atoms with van der Waals surface area (Å²) in [7, 11) is 0. The summed E-state index contributed by atoms with van der Waals surface area (Å²) in [5, 5.41) is 54.2. The molecule has 7 unspecified atom stereocenters. The van der Waals surface area contributed by atoms with Crippen molar-refractivity contribution in [3.05, 3.63) is 48.6 Å². The van der Waals surface area contributed by atoms with Gasteiger partial charge in [-0.3, -0.25) is 9.59 Å². The number of ether oxygens (including phenoxy) is 3. The summed E-state index contributed by atoms with van der Waals surface area (Å²) in [5.41, 5.74) is 0. The molecule has 0 aromatic heterocycles. The second kappa shape index (κ2) is 60.3. The van der Waals surface area contributed by atoms with E-state index in [1.54, 1.807) is 6.08 Å². The fourth-order valence-corrected chi connectivity index (χ4v) is 10.9. The summed E-state index contributed by atoms with van der Waals surface area (Å²) in [6, 6.07) is -0.827. The summed E-state index contributed by atoms with van der Waals surface area (Å²) in [5.74, 6) is -0.191. The van der Waals surface area contributed by atoms with Crippen molar-refractivity contribution < 1.29 is 49.3 Å². The van der Waals surface area contributed by atoms with Crippen LogP contribution >= 0.6 is 0 Å². The number of hydrogen-bond donors (Lipinski definition) is 6. The zero-order valence-electron chi connectivity index (χ0n) is 53.2. The Morgan fingerprint density at radius 2 is 0.793 bits per heavy atom. The Morgan fingerprint density at radius 3 is 1.23 bits per heavy atom. The lowest BCUT2D eigenvalue weighted by atomic mass is 9.99. The topological polar surface area (TPSA) is 175 Å². The van der Waals surface area contributed by atoms with Gasteiger partial charge in [0, 0.05) is 12.8 Å². The van der Waals surface area contributed by atoms with Gasteiger partial charge in [-0.2, -0.15) is 0 Å². The van der Waals surface area contributed by atoms with E-state index < -0.39 is 49.5 Å². The predicted octanol–water partition coefficient (Wildman–Crippen LogP) is 17.6. The number of carbonyl (C=O) groups is 2. The number of rotatable bonds is 61. The second-order valence-corrected chi connectivity index (χ2v) is 24.2. The number of nitrogens with one attached hydrogen (secondary N) is 1. The molecule has 1 aliphatic heterocycles. The van der Waals surface area contributed by atoms with Crippen LogP contribution in [0.1, 0.15) is 328 Å². The first-order valence-electron chi connectivity index (χ1n) is 34.9. The van der Waals surface area contributed by atoms with E-state index in [0.29, 0.717) is 19.4 Å². The highest BCUT2D eigenvalue weighted by atomic mass is 16.7. The van der Waals surface area contributed by atoms with Crippen LogP contribution < -0.4 is 5.32 Å². The first kappa shape index (κ1) is 77.6. The van der Waals surface area contributed by atoms with Crippen LogP contribution in [0.3, 0.4) is 0 Å². The third-order valence-corrected chi connectivity index (χ3v) is 16.4. The molecule has 0 saturated carbocycles. The molecule has 1 amide bonds. The molecule has 0 aromatic rings. The maximum atomic E-state index is 13.0. The molecule has 0 bridgehead atoms. The molecule has 1 aliphatic rings. The molecule has 0 spiro atoms. The van der Waals surface area contributed by atoms with Crippen LogP contribution in [0, 0.1) is 0 Å². The third-order valence-electron chi connectivity index (χ3n) is 16.4. The van der Waals surface area contributed by atoms with E-state index in [1.165, 1.54) is 244 Å². The average molecular weight is 1160 g/mol. The Balaban J connectivity index is 1.92. The van der Waals surface area contributed by atoms with Gasteiger partial charge in [-0.1, -0.05) is 268 Å². The van der Waals surface area contributed by atoms with E-state index in [4.69, 9.17) is 14.2 Å². The number of unbranched alkanes of at least 4 members (excludes halogenated alkanes) is 41. The number of aliphatic hydroxyl groups is 5. The van der Waals surface area contributed by atoms with Crippen LogP contribution in [0.2, 0.25) is 0 Å². The monoisotopic (exact) mass is 1160 g/mol. The summed E-state index contributed by atoms with van der Waals surface area (Å²) in [6.07, 6.45) is 68.4. The molecule has 0 radical (unpaired) electrons. The van der Waals surface area contributed by atoms with Crippen LogP contribution in [0.15, 0.2) is 48.6 Å². The molecule has 6 N–H and O–H groups in total. The summed E-state index contributed by atoms with van der Waals surface area (Å²) < 4.78 is 16.7. The zero-order chi connectivity index (χ0) is 59.5. The molecule has 82 heavy (non-hydrogen) atoms. The van der Waals surface area contributed by atoms with Crippen molar-refractivity contribution >= 4 is 11.9 Å². The number of esters is 1. The molecule has 480 valence electrons. The summed E-state index contributed by atoms with van der Waals surface area (Å²) in [4.78, 5) is 25.1. The van der Waals surface area contributed by atoms with Gasteiger partial charge in [0.15, 0.2) is 6.29 Å². The highest BCUT2D eigenvalue weighted by Gasteiger charge is 2.44. The van der Waals surface area contributed by atoms with Crippen LogP contribution in [-0.2, 0) is 23.8 Å². The van der Waals surface area contributed by atoms with E-state index >= 15 is 0 Å². The lowest BCUT2D eigenvalue weighted by Gasteiger charge is -2.40. The van der Waals surface area contributed by atoms with Crippen molar-refractivity contribution in [3.8, 4) is 0 Å². The van der Waals surface area contributed by atoms with Gasteiger partial charge < -0.3 is 45.1 Å². The van der Waals surface area contributed by atoms with Gasteiger partial charge in [-0.25, -0.2) is 0 Å². The average Bonchev–Trinajstić information content (AvgIpc) is 3.47. The summed E-state index contributed by atoms with van der Waals surface area (Å²) >= 11 is 0. The van der Waals surface area contributed by atoms with Crippen molar-refractivity contribution in [3.63, 3.8) is 0 Å². The molecule has 11 heteroatoms. The van der Waals surface area contributed by atoms with Crippen LogP contribution in [0.25, 0.3) is 0 Å². The van der Waals surface area contributed by atoms with E-state index in [1.807, 2.05) is 6.08 Å². The van der Waals surface area contributed by atoms with Gasteiger partial charge in [0.05, 0.1) is 32.0 Å². The fourth-order valence-electron chi connectivity index (χ4n) is 10.9. The van der Waals surface area contributed by atoms with Gasteiger partial charge in [-0.15, -0.1) is 0 Å². The van der Waals surface area contributed by atoms with Crippen molar-refractivity contribution in [1.29, 1.82) is 0 Å². The number of amides is 1. The normalized spacial score (nSPS) is 18.5. The minimum absolute atomic E-state index is 0.00304. The van der Waals surface area contributed by atoms with Crippen molar-refractivity contribution in [2.45, 2.75) is 371 Å². The first-order chi connectivity index (χ1) is 40.2. The molecule has 1 saturated heterocycles. The lowest BCUT2D eigenvalue weighted by molar-refractivity contribution is -0.302. The Morgan fingerprint density at radius 1 is 0.439 bits per heavy atom. The predicted molar refractivity (Wildman–Crippen MR) is 343 cm³/mol. The number of carbonyl (C=O) groups excluding carboxylic acids is 2. The number of allylic oxidation sites excluding steroid dienone is 7. The molecular weight excluding hydrogens is 1030 g/mol. The molecule has 0 aromatic carbocycles. The quantitative estimate of drug-likeness (QED) is 0.0195. The Kier molecular flexibility index (Phi) is 57.1. The second-order valence-electron chi connectivity index (χ2n) is 24.2. The molecule has 0 aliphatic carbocycles. The Bertz CT molecular complexity index is 1500. The minimum atomic E-state index is -1.58. The zero-order valence-corrected chi connectivity index (χ0v) is 53.2. The highest BCUT2D eigenvalue weighted by Crippen LogP contribution is 2.23. The van der Waals surface area contributed by atoms with Gasteiger partial charge in [-0.05, 0) is 96.3 Å². The molecule has 11 nitrogen and oxygen atoms in total. The standard InChI is InChI=1S/C71H131NO10/c1-3-5-7-9-11-13-14-15-16-29-33-36-39-43-47-51-55-59-67(76)80-60-56-52-48-44-40-37-34-31-28-26-24-22-20-18-17-19-21-23-25-27-30-32-35-38-42-46-50-54-58-66(75)72-63(64(74)57-53-49-45-41-12-10-8-6-4-2)62-81-71-70(79)69(78)68(77)65(61-73)82-71/h12,15-18,41,53,57,63-65,68-71,73-74,77-79H,3-11,13-14,19-40,42-52,54-56,58-62H2,1-2H3,(H,72,75)/b16-15-,18-17-,41-12+,57-53+. The third kappa shape index (κ3) is 48.8. The molecule has 1 rings (SSSR count). The van der Waals surface area contributed by atoms with Gasteiger partial charge >= 0.3 is 5.97 Å². The number of hydrogen-bond acceptors (Lipinski definition) is 10. The Labute approximate surface area is 504 Å². The number of aliphatic hydroxyl groups excluding tert-OH is 5. The molecule has 1 heterocycles. The van der Waals surface area contributed by atoms with Crippen molar-refractivity contribution in [2.24, 2.45) is 0 Å². The fraction of sp³-hybridized carbons (Fsp3) is 0.859. The van der Waals surface area contributed by atoms with Crippen LogP contribution in [0.4, 0.5) is 0 Å². The summed E-state index contributed by atoms with van der Waals surface area (Å²) in [6.45, 7) is 4.29. The molecular formula is C71H131NO10. The largest absolute Gasteiger partial charge is 0.466 e. The smallest absolute Gasteiger partial charge is 0.305 e. The van der Waals surface area contributed by atoms with Crippen LogP contribution in [0.5, 0.6) is 0 Å². The molecule has 7 atom stereocenters. The van der Waals surface area contributed by atoms with Gasteiger partial charge in [0.1, 0.15) is 24.4 Å². The Hall–Kier alpha value is -2.38. The SMILES string of the molecule is CCCCC/C=C/CC/C=C/C(O)C(COC1OC(CO)C(O)C(O)C1O)NC(=O)CCCCCCCCCCCCCC/C=C\CCCCCCCCCCCCCCOC(=O)CCCCCCCCC/C=C\CCCCCCCC. The van der Waals surface area contributed by atoms with Gasteiger partial charge in [0.25, 0.3) is 0 Å². The van der Waals surface area contributed by atoms with E-state index in [9.17, 15) is 35.1 Å². The van der Waals surface area contributed by atoms with Crippen LogP contribution in [-0.4, -0.2) is 100 Å². The van der Waals surface area contributed by atoms with E-state index in [-0.39, 0.29) is 18.5 Å². The molecule has 1 fully saturated rings. The van der Waals surface area contributed by atoms with E-state index in [2.05, 4.69) is 55.6 Å². The van der Waals surface area contributed by atoms with Crippen molar-refractivity contribution in [1.82, 2.24) is 5.32 Å².